The molecule has 1 aliphatic rings. The second kappa shape index (κ2) is 9.30. The lowest BCUT2D eigenvalue weighted by Gasteiger charge is -2.11. The number of methoxy groups -OCH3 is 1. The maximum absolute atomic E-state index is 13.5. The zero-order valence-electron chi connectivity index (χ0n) is 15.0. The summed E-state index contributed by atoms with van der Waals surface area (Å²) in [5.41, 5.74) is 2.71. The average Bonchev–Trinajstić information content (AvgIpc) is 3.17. The van der Waals surface area contributed by atoms with Crippen molar-refractivity contribution in [2.75, 3.05) is 17.7 Å². The number of aliphatic imine (C=N–C) groups is 1. The van der Waals surface area contributed by atoms with Gasteiger partial charge in [-0.3, -0.25) is 16.0 Å². The number of hydrogen-bond donors (Lipinski definition) is 4. The number of allylic oxidation sites excluding steroid dienone is 3. The molecule has 12 heteroatoms. The Morgan fingerprint density at radius 1 is 1.34 bits per heavy atom. The van der Waals surface area contributed by atoms with Crippen LogP contribution in [0.15, 0.2) is 56.2 Å². The molecule has 0 fully saturated rings. The van der Waals surface area contributed by atoms with Gasteiger partial charge in [0.15, 0.2) is 11.5 Å². The van der Waals surface area contributed by atoms with E-state index in [0.717, 1.165) is 0 Å². The van der Waals surface area contributed by atoms with Crippen molar-refractivity contribution in [1.29, 1.82) is 0 Å². The number of nitrogens with zero attached hydrogens (tertiary/aromatic N) is 3. The van der Waals surface area contributed by atoms with Crippen LogP contribution in [0.1, 0.15) is 12.1 Å². The number of amidine groups is 1. The molecule has 1 unspecified atom stereocenters. The highest BCUT2D eigenvalue weighted by atomic mass is 79.9. The van der Waals surface area contributed by atoms with Crippen molar-refractivity contribution in [2.24, 2.45) is 4.99 Å². The van der Waals surface area contributed by atoms with Crippen molar-refractivity contribution in [3.8, 4) is 5.75 Å². The van der Waals surface area contributed by atoms with Gasteiger partial charge in [0.2, 0.25) is 5.82 Å². The highest BCUT2D eigenvalue weighted by molar-refractivity contribution is 9.11. The predicted molar refractivity (Wildman–Crippen MR) is 106 cm³/mol. The Kier molecular flexibility index (Phi) is 6.57. The Labute approximate surface area is 172 Å². The molecule has 2 amide bonds. The molecule has 0 spiro atoms. The van der Waals surface area contributed by atoms with Crippen LogP contribution in [-0.2, 0) is 0 Å². The molecule has 1 aromatic heterocycles. The highest BCUT2D eigenvalue weighted by Gasteiger charge is 2.20. The Morgan fingerprint density at radius 2 is 2.10 bits per heavy atom. The minimum atomic E-state index is -1.15. The van der Waals surface area contributed by atoms with Crippen LogP contribution in [0.2, 0.25) is 0 Å². The minimum absolute atomic E-state index is 0.0508. The molecule has 0 bridgehead atoms. The van der Waals surface area contributed by atoms with E-state index in [9.17, 15) is 14.4 Å². The summed E-state index contributed by atoms with van der Waals surface area (Å²) in [4.78, 5) is 16.4. The number of alkyl halides is 1. The molecule has 10 nitrogen and oxygen atoms in total. The van der Waals surface area contributed by atoms with Crippen molar-refractivity contribution in [3.05, 3.63) is 52.3 Å². The van der Waals surface area contributed by atoms with Gasteiger partial charge in [0.05, 0.1) is 12.8 Å². The second-order valence-corrected chi connectivity index (χ2v) is 6.62. The number of amides is 2. The van der Waals surface area contributed by atoms with Gasteiger partial charge in [-0.25, -0.2) is 18.8 Å². The molecule has 2 aromatic rings. The third kappa shape index (κ3) is 5.18. The number of hydrogen-bond acceptors (Lipinski definition) is 7. The van der Waals surface area contributed by atoms with Gasteiger partial charge in [-0.1, -0.05) is 22.0 Å². The van der Waals surface area contributed by atoms with E-state index < -0.39 is 12.2 Å². The lowest BCUT2D eigenvalue weighted by Crippen LogP contribution is -2.25. The third-order valence-corrected chi connectivity index (χ3v) is 4.48. The number of carbonyl (C=O) groups is 1. The molecule has 0 saturated carbocycles. The van der Waals surface area contributed by atoms with Crippen LogP contribution in [0.3, 0.4) is 0 Å². The summed E-state index contributed by atoms with van der Waals surface area (Å²) in [7, 11) is 1.54. The maximum atomic E-state index is 13.5. The molecular formula is C17H16BrFN6O4. The average molecular weight is 467 g/mol. The Morgan fingerprint density at radius 3 is 2.76 bits per heavy atom. The van der Waals surface area contributed by atoms with Crippen LogP contribution in [0.4, 0.5) is 20.7 Å². The molecule has 0 aliphatic heterocycles. The summed E-state index contributed by atoms with van der Waals surface area (Å²) < 4.78 is 23.5. The first-order chi connectivity index (χ1) is 14.0. The summed E-state index contributed by atoms with van der Waals surface area (Å²) in [6.07, 6.45) is 1.99. The standard InChI is InChI=1S/C17H16BrFN6O4/c1-28-11-5-2-9(3-6-11)21-17(26)22-16-14(24-29-25-16)15(23-27)20-10-4-7-13(19)12(18)8-10/h2-6,8,13,27H,7H2,1H3,(H,20,23)(H2,21,22,25,26). The smallest absolute Gasteiger partial charge is 0.325 e. The number of halogens is 2. The van der Waals surface area contributed by atoms with Crippen LogP contribution < -0.4 is 20.9 Å². The van der Waals surface area contributed by atoms with E-state index >= 15 is 0 Å². The molecule has 4 N–H and O–H groups in total. The molecule has 1 heterocycles. The van der Waals surface area contributed by atoms with Crippen molar-refractivity contribution in [1.82, 2.24) is 15.8 Å². The van der Waals surface area contributed by atoms with Crippen LogP contribution in [0.5, 0.6) is 5.75 Å². The summed E-state index contributed by atoms with van der Waals surface area (Å²) in [5, 5.41) is 21.7. The largest absolute Gasteiger partial charge is 0.497 e. The summed E-state index contributed by atoms with van der Waals surface area (Å²) in [6, 6.07) is 6.06. The van der Waals surface area contributed by atoms with Gasteiger partial charge in [-0.05, 0) is 40.7 Å². The van der Waals surface area contributed by atoms with Gasteiger partial charge in [0, 0.05) is 16.6 Å². The SMILES string of the molecule is COc1ccc(NC(=O)Nc2nonc2C(=NC2=CCC(F)C(Br)=C2)NO)cc1. The Hall–Kier alpha value is -3.25. The first-order valence-corrected chi connectivity index (χ1v) is 9.04. The molecule has 1 aliphatic carbocycles. The monoisotopic (exact) mass is 466 g/mol. The van der Waals surface area contributed by atoms with Crippen molar-refractivity contribution >= 4 is 39.3 Å². The zero-order chi connectivity index (χ0) is 20.8. The number of nitrogens with one attached hydrogen (secondary N) is 3. The van der Waals surface area contributed by atoms with Gasteiger partial charge < -0.3 is 10.1 Å². The topological polar surface area (TPSA) is 134 Å². The first-order valence-electron chi connectivity index (χ1n) is 8.25. The van der Waals surface area contributed by atoms with Gasteiger partial charge in [-0.15, -0.1) is 0 Å². The van der Waals surface area contributed by atoms with E-state index in [4.69, 9.17) is 4.74 Å². The molecular weight excluding hydrogens is 451 g/mol. The normalized spacial score (nSPS) is 16.6. The van der Waals surface area contributed by atoms with Crippen LogP contribution in [0.25, 0.3) is 0 Å². The number of urea groups is 1. The fourth-order valence-electron chi connectivity index (χ4n) is 2.34. The first kappa shape index (κ1) is 20.5. The molecule has 152 valence electrons. The van der Waals surface area contributed by atoms with Gasteiger partial charge in [-0.2, -0.15) is 0 Å². The van der Waals surface area contributed by atoms with E-state index in [1.54, 1.807) is 30.3 Å². The number of hydroxylamine groups is 1. The number of anilines is 2. The molecule has 0 radical (unpaired) electrons. The number of benzene rings is 1. The van der Waals surface area contributed by atoms with E-state index in [1.807, 2.05) is 5.48 Å². The second-order valence-electron chi connectivity index (χ2n) is 5.70. The van der Waals surface area contributed by atoms with Crippen molar-refractivity contribution < 1.29 is 23.8 Å². The van der Waals surface area contributed by atoms with E-state index in [-0.39, 0.29) is 23.8 Å². The summed E-state index contributed by atoms with van der Waals surface area (Å²) in [6.45, 7) is 0. The summed E-state index contributed by atoms with van der Waals surface area (Å²) >= 11 is 3.12. The van der Waals surface area contributed by atoms with Gasteiger partial charge in [0.1, 0.15) is 11.9 Å². The lowest BCUT2D eigenvalue weighted by molar-refractivity contribution is 0.233. The predicted octanol–water partition coefficient (Wildman–Crippen LogP) is 3.35. The Balaban J connectivity index is 1.73. The lowest BCUT2D eigenvalue weighted by atomic mass is 10.1. The molecule has 1 atom stereocenters. The number of ether oxygens (including phenoxy) is 1. The third-order valence-electron chi connectivity index (χ3n) is 3.76. The molecule has 0 saturated heterocycles. The van der Waals surface area contributed by atoms with E-state index in [2.05, 4.69) is 46.5 Å². The highest BCUT2D eigenvalue weighted by Crippen LogP contribution is 2.26. The van der Waals surface area contributed by atoms with E-state index in [1.165, 1.54) is 13.2 Å². The minimum Gasteiger partial charge on any atom is -0.497 e. The van der Waals surface area contributed by atoms with Crippen LogP contribution in [-0.4, -0.2) is 40.7 Å². The van der Waals surface area contributed by atoms with E-state index in [0.29, 0.717) is 21.6 Å². The van der Waals surface area contributed by atoms with Crippen molar-refractivity contribution in [2.45, 2.75) is 12.6 Å². The number of aromatic nitrogens is 2. The van der Waals surface area contributed by atoms with Crippen LogP contribution in [0, 0.1) is 0 Å². The molecule has 29 heavy (non-hydrogen) atoms. The quantitative estimate of drug-likeness (QED) is 0.301. The number of carbonyl (C=O) groups excluding carboxylic acids is 1. The summed E-state index contributed by atoms with van der Waals surface area (Å²) in [5.74, 6) is 0.413. The maximum Gasteiger partial charge on any atom is 0.325 e. The Bertz CT molecular complexity index is 973. The zero-order valence-corrected chi connectivity index (χ0v) is 16.6. The number of rotatable bonds is 5. The van der Waals surface area contributed by atoms with Crippen molar-refractivity contribution in [3.63, 3.8) is 0 Å². The molecule has 1 aromatic carbocycles. The van der Waals surface area contributed by atoms with Crippen LogP contribution >= 0.6 is 15.9 Å². The van der Waals surface area contributed by atoms with Gasteiger partial charge >= 0.3 is 6.03 Å². The fourth-order valence-corrected chi connectivity index (χ4v) is 2.76. The molecule has 3 rings (SSSR count). The van der Waals surface area contributed by atoms with Gasteiger partial charge in [0.25, 0.3) is 0 Å². The fraction of sp³-hybridized carbons (Fsp3) is 0.176.